The second-order valence-electron chi connectivity index (χ2n) is 7.06. The van der Waals surface area contributed by atoms with Crippen molar-refractivity contribution in [3.8, 4) is 0 Å². The van der Waals surface area contributed by atoms with Gasteiger partial charge in [-0.1, -0.05) is 18.6 Å². The summed E-state index contributed by atoms with van der Waals surface area (Å²) in [6.07, 6.45) is 8.54. The molecular formula is C19H28N2O2. The normalized spacial score (nSPS) is 26.2. The molecule has 2 unspecified atom stereocenters. The number of carbonyl (C=O) groups is 1. The van der Waals surface area contributed by atoms with Gasteiger partial charge in [0.15, 0.2) is 5.76 Å². The lowest BCUT2D eigenvalue weighted by molar-refractivity contribution is 0.0671. The predicted molar refractivity (Wildman–Crippen MR) is 91.3 cm³/mol. The maximum Gasteiger partial charge on any atom is 0.289 e. The van der Waals surface area contributed by atoms with Crippen molar-refractivity contribution in [2.24, 2.45) is 11.8 Å². The van der Waals surface area contributed by atoms with Crippen LogP contribution >= 0.6 is 0 Å². The van der Waals surface area contributed by atoms with Crippen molar-refractivity contribution < 1.29 is 9.21 Å². The van der Waals surface area contributed by atoms with Gasteiger partial charge in [-0.3, -0.25) is 4.79 Å². The van der Waals surface area contributed by atoms with E-state index in [1.807, 2.05) is 4.90 Å². The molecule has 126 valence electrons. The summed E-state index contributed by atoms with van der Waals surface area (Å²) in [6.45, 7) is 7.33. The summed E-state index contributed by atoms with van der Waals surface area (Å²) in [5, 5.41) is 3.74. The van der Waals surface area contributed by atoms with Crippen molar-refractivity contribution in [1.29, 1.82) is 0 Å². The molecule has 2 aliphatic rings. The molecule has 2 atom stereocenters. The van der Waals surface area contributed by atoms with E-state index in [2.05, 4.69) is 25.2 Å². The van der Waals surface area contributed by atoms with Crippen LogP contribution in [0.5, 0.6) is 0 Å². The Morgan fingerprint density at radius 2 is 2.13 bits per heavy atom. The summed E-state index contributed by atoms with van der Waals surface area (Å²) in [5.41, 5.74) is 1.54. The van der Waals surface area contributed by atoms with E-state index >= 15 is 0 Å². The summed E-state index contributed by atoms with van der Waals surface area (Å²) in [4.78, 5) is 14.2. The molecule has 0 radical (unpaired) electrons. The van der Waals surface area contributed by atoms with Crippen LogP contribution in [0.2, 0.25) is 0 Å². The second kappa shape index (κ2) is 7.35. The molecule has 0 aromatic carbocycles. The van der Waals surface area contributed by atoms with Gasteiger partial charge in [-0.2, -0.15) is 0 Å². The Morgan fingerprint density at radius 3 is 2.78 bits per heavy atom. The molecule has 1 aliphatic heterocycles. The fourth-order valence-electron chi connectivity index (χ4n) is 3.87. The highest BCUT2D eigenvalue weighted by Crippen LogP contribution is 2.29. The van der Waals surface area contributed by atoms with Crippen LogP contribution < -0.4 is 5.32 Å². The van der Waals surface area contributed by atoms with Crippen molar-refractivity contribution in [2.45, 2.75) is 45.6 Å². The minimum absolute atomic E-state index is 0.0214. The molecule has 4 heteroatoms. The maximum absolute atomic E-state index is 12.3. The Labute approximate surface area is 138 Å². The number of hydrogen-bond acceptors (Lipinski definition) is 3. The van der Waals surface area contributed by atoms with Crippen LogP contribution in [0.4, 0.5) is 0 Å². The summed E-state index contributed by atoms with van der Waals surface area (Å²) in [5.74, 6) is 1.92. The molecule has 3 rings (SSSR count). The average Bonchev–Trinajstić information content (AvgIpc) is 3.09. The van der Waals surface area contributed by atoms with Crippen LogP contribution in [0.25, 0.3) is 0 Å². The van der Waals surface area contributed by atoms with E-state index in [0.29, 0.717) is 17.7 Å². The van der Waals surface area contributed by atoms with E-state index < -0.39 is 0 Å². The molecule has 1 N–H and O–H groups in total. The smallest absolute Gasteiger partial charge is 0.289 e. The summed E-state index contributed by atoms with van der Waals surface area (Å²) in [7, 11) is 0. The van der Waals surface area contributed by atoms with E-state index in [4.69, 9.17) is 4.42 Å². The van der Waals surface area contributed by atoms with Crippen molar-refractivity contribution in [2.75, 3.05) is 19.6 Å². The number of furan rings is 1. The molecule has 2 heterocycles. The lowest BCUT2D eigenvalue weighted by Crippen LogP contribution is -2.46. The van der Waals surface area contributed by atoms with Crippen LogP contribution in [-0.4, -0.2) is 36.5 Å². The third-order valence-corrected chi connectivity index (χ3v) is 5.50. The molecule has 1 aromatic rings. The lowest BCUT2D eigenvalue weighted by atomic mass is 9.80. The Hall–Kier alpha value is -1.55. The van der Waals surface area contributed by atoms with Crippen molar-refractivity contribution >= 4 is 5.91 Å². The summed E-state index contributed by atoms with van der Waals surface area (Å²) in [6, 6.07) is 4.03. The van der Waals surface area contributed by atoms with Gasteiger partial charge in [0.05, 0.1) is 6.26 Å². The predicted octanol–water partition coefficient (Wildman–Crippen LogP) is 3.47. The van der Waals surface area contributed by atoms with Gasteiger partial charge in [-0.25, -0.2) is 0 Å². The first kappa shape index (κ1) is 16.3. The number of nitrogens with zero attached hydrogens (tertiary/aromatic N) is 1. The average molecular weight is 316 g/mol. The van der Waals surface area contributed by atoms with Gasteiger partial charge in [0.1, 0.15) is 0 Å². The molecule has 1 fully saturated rings. The number of hydrogen-bond donors (Lipinski definition) is 1. The van der Waals surface area contributed by atoms with E-state index in [9.17, 15) is 4.79 Å². The molecule has 23 heavy (non-hydrogen) atoms. The van der Waals surface area contributed by atoms with Crippen LogP contribution in [-0.2, 0) is 0 Å². The van der Waals surface area contributed by atoms with Gasteiger partial charge in [0, 0.05) is 25.7 Å². The number of piperidine rings is 1. The van der Waals surface area contributed by atoms with Crippen LogP contribution in [0.15, 0.2) is 34.5 Å². The van der Waals surface area contributed by atoms with Crippen molar-refractivity contribution in [3.05, 3.63) is 35.8 Å². The molecule has 0 spiro atoms. The first-order valence-electron chi connectivity index (χ1n) is 8.88. The van der Waals surface area contributed by atoms with Crippen LogP contribution in [0.1, 0.15) is 50.1 Å². The SMILES string of the molecule is CC1=CCCC(C)C1CNC1CCN(C(=O)c2ccco2)CC1. The fraction of sp³-hybridized carbons (Fsp3) is 0.632. The first-order valence-corrected chi connectivity index (χ1v) is 8.88. The van der Waals surface area contributed by atoms with Crippen molar-refractivity contribution in [3.63, 3.8) is 0 Å². The Balaban J connectivity index is 1.45. The van der Waals surface area contributed by atoms with E-state index in [1.165, 1.54) is 12.8 Å². The zero-order valence-electron chi connectivity index (χ0n) is 14.3. The highest BCUT2D eigenvalue weighted by atomic mass is 16.3. The van der Waals surface area contributed by atoms with E-state index in [0.717, 1.165) is 38.4 Å². The number of nitrogens with one attached hydrogen (secondary N) is 1. The zero-order valence-corrected chi connectivity index (χ0v) is 14.3. The molecule has 0 bridgehead atoms. The van der Waals surface area contributed by atoms with Crippen LogP contribution in [0.3, 0.4) is 0 Å². The Bertz CT molecular complexity index is 542. The van der Waals surface area contributed by atoms with Gasteiger partial charge in [0.2, 0.25) is 0 Å². The minimum Gasteiger partial charge on any atom is -0.459 e. The molecular weight excluding hydrogens is 288 g/mol. The third kappa shape index (κ3) is 3.86. The molecule has 4 nitrogen and oxygen atoms in total. The van der Waals surface area contributed by atoms with Gasteiger partial charge in [-0.05, 0) is 56.6 Å². The monoisotopic (exact) mass is 316 g/mol. The summed E-state index contributed by atoms with van der Waals surface area (Å²) >= 11 is 0. The third-order valence-electron chi connectivity index (χ3n) is 5.50. The van der Waals surface area contributed by atoms with E-state index in [1.54, 1.807) is 24.0 Å². The lowest BCUT2D eigenvalue weighted by Gasteiger charge is -2.35. The molecule has 1 aromatic heterocycles. The number of likely N-dealkylation sites (tertiary alicyclic amines) is 1. The van der Waals surface area contributed by atoms with Gasteiger partial charge < -0.3 is 14.6 Å². The maximum atomic E-state index is 12.3. The quantitative estimate of drug-likeness (QED) is 0.865. The highest BCUT2D eigenvalue weighted by Gasteiger charge is 2.27. The van der Waals surface area contributed by atoms with Crippen molar-refractivity contribution in [1.82, 2.24) is 10.2 Å². The number of carbonyl (C=O) groups excluding carboxylic acids is 1. The molecule has 0 saturated carbocycles. The molecule has 1 amide bonds. The number of amides is 1. The van der Waals surface area contributed by atoms with Gasteiger partial charge >= 0.3 is 0 Å². The van der Waals surface area contributed by atoms with Gasteiger partial charge in [0.25, 0.3) is 5.91 Å². The second-order valence-corrected chi connectivity index (χ2v) is 7.06. The number of rotatable bonds is 4. The molecule has 1 aliphatic carbocycles. The largest absolute Gasteiger partial charge is 0.459 e. The topological polar surface area (TPSA) is 45.5 Å². The van der Waals surface area contributed by atoms with E-state index in [-0.39, 0.29) is 5.91 Å². The molecule has 1 saturated heterocycles. The Kier molecular flexibility index (Phi) is 5.21. The number of allylic oxidation sites excluding steroid dienone is 1. The fourth-order valence-corrected chi connectivity index (χ4v) is 3.87. The minimum atomic E-state index is 0.0214. The summed E-state index contributed by atoms with van der Waals surface area (Å²) < 4.78 is 5.21. The zero-order chi connectivity index (χ0) is 16.2. The Morgan fingerprint density at radius 1 is 1.35 bits per heavy atom. The van der Waals surface area contributed by atoms with Crippen LogP contribution in [0, 0.1) is 11.8 Å². The first-order chi connectivity index (χ1) is 11.1. The standard InChI is InChI=1S/C19H28N2O2/c1-14-5-3-6-15(2)17(14)13-20-16-8-10-21(11-9-16)19(22)18-7-4-12-23-18/h4-5,7,12,15-17,20H,3,6,8-11,13H2,1-2H3. The highest BCUT2D eigenvalue weighted by molar-refractivity contribution is 5.91. The van der Waals surface area contributed by atoms with Gasteiger partial charge in [-0.15, -0.1) is 0 Å².